The Bertz CT molecular complexity index is 1990. The van der Waals surface area contributed by atoms with Gasteiger partial charge < -0.3 is 44.1 Å². The van der Waals surface area contributed by atoms with Crippen molar-refractivity contribution < 1.29 is 63.3 Å². The van der Waals surface area contributed by atoms with E-state index < -0.39 is 23.9 Å². The molecule has 17 nitrogen and oxygen atoms in total. The highest BCUT2D eigenvalue weighted by Gasteiger charge is 2.19. The molecule has 4 aromatic rings. The summed E-state index contributed by atoms with van der Waals surface area (Å²) in [6, 6.07) is 18.2. The van der Waals surface area contributed by atoms with Crippen molar-refractivity contribution in [1.82, 2.24) is 19.8 Å². The smallest absolute Gasteiger partial charge is 0.328 e. The van der Waals surface area contributed by atoms with E-state index in [1.165, 1.54) is 11.1 Å². The number of nitrogens with zero attached hydrogens (tertiary/aromatic N) is 4. The van der Waals surface area contributed by atoms with Crippen molar-refractivity contribution in [1.29, 1.82) is 0 Å². The molecule has 3 heterocycles. The summed E-state index contributed by atoms with van der Waals surface area (Å²) >= 11 is 0. The molecule has 58 heavy (non-hydrogen) atoms. The highest BCUT2D eigenvalue weighted by molar-refractivity contribution is 5.90. The van der Waals surface area contributed by atoms with E-state index in [1.54, 1.807) is 35.5 Å². The number of hydrogen-bond acceptors (Lipinski definition) is 13. The maximum absolute atomic E-state index is 9.55. The summed E-state index contributed by atoms with van der Waals surface area (Å²) in [5.74, 6) is -1.83. The molecule has 1 aliphatic heterocycles. The van der Waals surface area contributed by atoms with Crippen molar-refractivity contribution in [2.75, 3.05) is 61.7 Å². The van der Waals surface area contributed by atoms with Gasteiger partial charge in [0.1, 0.15) is 0 Å². The summed E-state index contributed by atoms with van der Waals surface area (Å²) in [7, 11) is 8.14. The summed E-state index contributed by atoms with van der Waals surface area (Å²) in [5.41, 5.74) is 6.17. The Hall–Kier alpha value is -6.98. The molecule has 0 atom stereocenters. The summed E-state index contributed by atoms with van der Waals surface area (Å²) in [5, 5.41) is 31.2. The number of carboxylic acid groups (broad SMARTS) is 4. The Morgan fingerprint density at radius 3 is 1.26 bits per heavy atom. The number of aromatic nitrogens is 2. The first kappa shape index (κ1) is 45.4. The first-order chi connectivity index (χ1) is 27.8. The van der Waals surface area contributed by atoms with Crippen molar-refractivity contribution in [2.24, 2.45) is 0 Å². The summed E-state index contributed by atoms with van der Waals surface area (Å²) in [6.07, 6.45) is 5.98. The molecule has 0 radical (unpaired) electrons. The van der Waals surface area contributed by atoms with E-state index in [2.05, 4.69) is 44.0 Å². The molecule has 0 aliphatic carbocycles. The van der Waals surface area contributed by atoms with Crippen LogP contribution in [0.2, 0.25) is 0 Å². The minimum absolute atomic E-state index is 0.558. The lowest BCUT2D eigenvalue weighted by Crippen LogP contribution is -2.45. The molecule has 308 valence electrons. The van der Waals surface area contributed by atoms with Crippen molar-refractivity contribution in [3.63, 3.8) is 0 Å². The molecule has 5 rings (SSSR count). The van der Waals surface area contributed by atoms with Gasteiger partial charge in [-0.3, -0.25) is 19.8 Å². The number of benzene rings is 2. The molecular weight excluding hydrogens is 756 g/mol. The number of rotatable bonds is 15. The van der Waals surface area contributed by atoms with Crippen LogP contribution in [0.4, 0.5) is 0 Å². The summed E-state index contributed by atoms with van der Waals surface area (Å²) in [4.78, 5) is 52.4. The van der Waals surface area contributed by atoms with Gasteiger partial charge in [-0.15, -0.1) is 0 Å². The highest BCUT2D eigenvalue weighted by atomic mass is 16.5. The average Bonchev–Trinajstić information content (AvgIpc) is 3.22. The predicted octanol–water partition coefficient (Wildman–Crippen LogP) is 4.60. The third kappa shape index (κ3) is 14.6. The van der Waals surface area contributed by atoms with Crippen molar-refractivity contribution in [3.8, 4) is 51.3 Å². The quantitative estimate of drug-likeness (QED) is 0.120. The number of piperazine rings is 1. The highest BCUT2D eigenvalue weighted by Crippen LogP contribution is 2.41. The van der Waals surface area contributed by atoms with Crippen LogP contribution in [0.25, 0.3) is 22.5 Å². The lowest BCUT2D eigenvalue weighted by Gasteiger charge is -2.34. The minimum atomic E-state index is -1.26. The zero-order valence-corrected chi connectivity index (χ0v) is 32.7. The normalized spacial score (nSPS) is 12.7. The van der Waals surface area contributed by atoms with Crippen LogP contribution in [0.1, 0.15) is 11.1 Å². The molecule has 2 aromatic heterocycles. The number of hydrogen-bond donors (Lipinski definition) is 4. The molecule has 17 heteroatoms. The van der Waals surface area contributed by atoms with Crippen molar-refractivity contribution in [2.45, 2.75) is 13.1 Å². The lowest BCUT2D eigenvalue weighted by atomic mass is 10.1. The lowest BCUT2D eigenvalue weighted by molar-refractivity contribution is -0.134. The zero-order chi connectivity index (χ0) is 42.6. The third-order valence-corrected chi connectivity index (χ3v) is 8.30. The number of carbonyl (C=O) groups is 4. The Balaban J connectivity index is 0.000000473. The second-order valence-corrected chi connectivity index (χ2v) is 12.2. The molecule has 0 amide bonds. The van der Waals surface area contributed by atoms with Crippen LogP contribution in [0.15, 0.2) is 91.3 Å². The van der Waals surface area contributed by atoms with Crippen LogP contribution >= 0.6 is 0 Å². The van der Waals surface area contributed by atoms with Crippen LogP contribution in [-0.4, -0.2) is 126 Å². The van der Waals surface area contributed by atoms with Gasteiger partial charge in [-0.05, 0) is 65.7 Å². The Labute approximate surface area is 335 Å². The van der Waals surface area contributed by atoms with Gasteiger partial charge in [0, 0.05) is 87.1 Å². The Morgan fingerprint density at radius 2 is 0.897 bits per heavy atom. The van der Waals surface area contributed by atoms with Gasteiger partial charge in [0.2, 0.25) is 5.75 Å². The molecule has 0 spiro atoms. The van der Waals surface area contributed by atoms with Crippen LogP contribution in [-0.2, 0) is 32.3 Å². The first-order valence-corrected chi connectivity index (χ1v) is 17.5. The fourth-order valence-corrected chi connectivity index (χ4v) is 5.59. The van der Waals surface area contributed by atoms with E-state index in [1.807, 2.05) is 42.7 Å². The topological polar surface area (TPSA) is 228 Å². The molecule has 0 unspecified atom stereocenters. The molecule has 0 bridgehead atoms. The monoisotopic (exact) mass is 802 g/mol. The van der Waals surface area contributed by atoms with E-state index >= 15 is 0 Å². The molecule has 4 N–H and O–H groups in total. The number of pyridine rings is 2. The van der Waals surface area contributed by atoms with Crippen molar-refractivity contribution >= 4 is 23.9 Å². The summed E-state index contributed by atoms with van der Waals surface area (Å²) in [6.45, 7) is 5.74. The standard InChI is InChI=1S/C33H38N4O5.2C4H4O4/c1-38-29-7-6-25(18-30(29)39-2)27-16-23(8-10-34-27)21-36-12-14-37(15-13-36)22-24-9-11-35-28(17-24)26-19-31(40-3)33(42-5)32(20-26)41-4;2*5-3(6)1-2-4(7)8/h6-11,16-20H,12-15,21-22H2,1-5H3;2*1-2H,(H,5,6)(H,7,8). The van der Waals surface area contributed by atoms with E-state index in [4.69, 9.17) is 44.1 Å². The van der Waals surface area contributed by atoms with E-state index in [9.17, 15) is 19.2 Å². The fraction of sp³-hybridized carbons (Fsp3) is 0.268. The van der Waals surface area contributed by atoms with Gasteiger partial charge in [0.15, 0.2) is 23.0 Å². The number of ether oxygens (including phenoxy) is 5. The SMILES string of the molecule is COc1ccc(-c2cc(CN3CCN(Cc4ccnc(-c5cc(OC)c(OC)c(OC)c5)c4)CC3)ccn2)cc1OC.O=C(O)C=CC(=O)O.O=C(O)C=CC(=O)O. The second-order valence-electron chi connectivity index (χ2n) is 12.2. The molecular formula is C41H46N4O13. The van der Waals surface area contributed by atoms with Gasteiger partial charge in [0.25, 0.3) is 0 Å². The van der Waals surface area contributed by atoms with Gasteiger partial charge in [0.05, 0.1) is 46.9 Å². The molecule has 1 aliphatic rings. The predicted molar refractivity (Wildman–Crippen MR) is 211 cm³/mol. The number of carboxylic acids is 4. The van der Waals surface area contributed by atoms with Gasteiger partial charge in [-0.1, -0.05) is 0 Å². The maximum atomic E-state index is 9.55. The third-order valence-electron chi connectivity index (χ3n) is 8.30. The zero-order valence-electron chi connectivity index (χ0n) is 32.7. The van der Waals surface area contributed by atoms with Crippen LogP contribution in [0.5, 0.6) is 28.7 Å². The van der Waals surface area contributed by atoms with Gasteiger partial charge in [-0.25, -0.2) is 19.2 Å². The second kappa shape index (κ2) is 23.2. The van der Waals surface area contributed by atoms with Crippen LogP contribution in [0, 0.1) is 0 Å². The molecule has 1 saturated heterocycles. The Morgan fingerprint density at radius 1 is 0.517 bits per heavy atom. The van der Waals surface area contributed by atoms with Crippen LogP contribution in [0.3, 0.4) is 0 Å². The maximum Gasteiger partial charge on any atom is 0.328 e. The average molecular weight is 803 g/mol. The van der Waals surface area contributed by atoms with E-state index in [0.717, 1.165) is 61.8 Å². The first-order valence-electron chi connectivity index (χ1n) is 17.5. The fourth-order valence-electron chi connectivity index (χ4n) is 5.59. The molecule has 1 fully saturated rings. The molecule has 0 saturated carbocycles. The van der Waals surface area contributed by atoms with Crippen molar-refractivity contribution in [3.05, 3.63) is 102 Å². The Kier molecular flexibility index (Phi) is 18.1. The number of aliphatic carboxylic acids is 4. The van der Waals surface area contributed by atoms with Gasteiger partial charge in [-0.2, -0.15) is 0 Å². The minimum Gasteiger partial charge on any atom is -0.493 e. The van der Waals surface area contributed by atoms with Gasteiger partial charge >= 0.3 is 23.9 Å². The number of methoxy groups -OCH3 is 5. The summed E-state index contributed by atoms with van der Waals surface area (Å²) < 4.78 is 27.4. The largest absolute Gasteiger partial charge is 0.493 e. The van der Waals surface area contributed by atoms with E-state index in [0.29, 0.717) is 53.1 Å². The molecule has 2 aromatic carbocycles. The van der Waals surface area contributed by atoms with E-state index in [-0.39, 0.29) is 0 Å². The van der Waals surface area contributed by atoms with Crippen LogP contribution < -0.4 is 23.7 Å².